The molecular formula is C15H14FN3OS. The molecule has 0 unspecified atom stereocenters. The zero-order valence-corrected chi connectivity index (χ0v) is 12.2. The molecule has 2 N–H and O–H groups in total. The summed E-state index contributed by atoms with van der Waals surface area (Å²) in [7, 11) is 1.52. The number of ether oxygens (including phenoxy) is 1. The van der Waals surface area contributed by atoms with Gasteiger partial charge in [-0.25, -0.2) is 4.39 Å². The molecule has 21 heavy (non-hydrogen) atoms. The summed E-state index contributed by atoms with van der Waals surface area (Å²) < 4.78 is 18.4. The Morgan fingerprint density at radius 3 is 3.05 bits per heavy atom. The number of benzene rings is 1. The lowest BCUT2D eigenvalue weighted by atomic mass is 10.2. The average Bonchev–Trinajstić information content (AvgIpc) is 3.16. The molecule has 0 aliphatic rings. The Morgan fingerprint density at radius 2 is 2.29 bits per heavy atom. The number of aromatic amines is 1. The van der Waals surface area contributed by atoms with Crippen LogP contribution in [0.5, 0.6) is 5.75 Å². The van der Waals surface area contributed by atoms with E-state index in [1.807, 2.05) is 17.5 Å². The SMILES string of the molecule is COc1cc(F)ccc1NCc1cn[nH]c1-c1cccs1. The quantitative estimate of drug-likeness (QED) is 0.751. The minimum absolute atomic E-state index is 0.319. The first-order valence-corrected chi connectivity index (χ1v) is 7.29. The van der Waals surface area contributed by atoms with Crippen LogP contribution < -0.4 is 10.1 Å². The third-order valence-corrected chi connectivity index (χ3v) is 4.01. The van der Waals surface area contributed by atoms with Gasteiger partial charge in [0.1, 0.15) is 11.6 Å². The Labute approximate surface area is 125 Å². The average molecular weight is 303 g/mol. The second-order valence-corrected chi connectivity index (χ2v) is 5.39. The van der Waals surface area contributed by atoms with Crippen molar-refractivity contribution in [2.45, 2.75) is 6.54 Å². The smallest absolute Gasteiger partial charge is 0.144 e. The number of methoxy groups -OCH3 is 1. The number of nitrogens with zero attached hydrogens (tertiary/aromatic N) is 1. The second kappa shape index (κ2) is 5.97. The maximum absolute atomic E-state index is 13.2. The van der Waals surface area contributed by atoms with Crippen LogP contribution in [-0.4, -0.2) is 17.3 Å². The van der Waals surface area contributed by atoms with Gasteiger partial charge in [0.25, 0.3) is 0 Å². The predicted octanol–water partition coefficient (Wildman–Crippen LogP) is 3.90. The molecule has 6 heteroatoms. The molecule has 0 radical (unpaired) electrons. The number of hydrogen-bond donors (Lipinski definition) is 2. The molecule has 0 spiro atoms. The first-order valence-electron chi connectivity index (χ1n) is 6.41. The summed E-state index contributed by atoms with van der Waals surface area (Å²) in [6.45, 7) is 0.575. The van der Waals surface area contributed by atoms with Gasteiger partial charge in [0.2, 0.25) is 0 Å². The van der Waals surface area contributed by atoms with E-state index in [4.69, 9.17) is 4.74 Å². The summed E-state index contributed by atoms with van der Waals surface area (Å²) >= 11 is 1.65. The Kier molecular flexibility index (Phi) is 3.87. The highest BCUT2D eigenvalue weighted by Crippen LogP contribution is 2.28. The molecule has 4 nitrogen and oxygen atoms in total. The van der Waals surface area contributed by atoms with Gasteiger partial charge >= 0.3 is 0 Å². The largest absolute Gasteiger partial charge is 0.494 e. The molecule has 2 aromatic heterocycles. The van der Waals surface area contributed by atoms with E-state index in [9.17, 15) is 4.39 Å². The van der Waals surface area contributed by atoms with Crippen LogP contribution in [0, 0.1) is 5.82 Å². The maximum atomic E-state index is 13.2. The van der Waals surface area contributed by atoms with Crippen LogP contribution in [0.1, 0.15) is 5.56 Å². The maximum Gasteiger partial charge on any atom is 0.144 e. The Bertz CT molecular complexity index is 724. The molecule has 108 valence electrons. The molecule has 0 aliphatic carbocycles. The van der Waals surface area contributed by atoms with Crippen molar-refractivity contribution in [2.24, 2.45) is 0 Å². The molecular weight excluding hydrogens is 289 g/mol. The van der Waals surface area contributed by atoms with Crippen LogP contribution in [0.25, 0.3) is 10.6 Å². The van der Waals surface area contributed by atoms with Gasteiger partial charge in [-0.1, -0.05) is 6.07 Å². The molecule has 2 heterocycles. The monoisotopic (exact) mass is 303 g/mol. The third kappa shape index (κ3) is 2.90. The van der Waals surface area contributed by atoms with E-state index in [-0.39, 0.29) is 5.82 Å². The minimum atomic E-state index is -0.319. The van der Waals surface area contributed by atoms with Crippen molar-refractivity contribution >= 4 is 17.0 Å². The summed E-state index contributed by atoms with van der Waals surface area (Å²) in [5.41, 5.74) is 2.79. The summed E-state index contributed by atoms with van der Waals surface area (Å²) in [6.07, 6.45) is 1.79. The normalized spacial score (nSPS) is 10.6. The van der Waals surface area contributed by atoms with Crippen molar-refractivity contribution in [3.8, 4) is 16.3 Å². The topological polar surface area (TPSA) is 49.9 Å². The Hall–Kier alpha value is -2.34. The fourth-order valence-corrected chi connectivity index (χ4v) is 2.84. The lowest BCUT2D eigenvalue weighted by Gasteiger charge is -2.11. The molecule has 0 saturated heterocycles. The highest BCUT2D eigenvalue weighted by Gasteiger charge is 2.10. The van der Waals surface area contributed by atoms with Crippen LogP contribution in [0.15, 0.2) is 41.9 Å². The highest BCUT2D eigenvalue weighted by atomic mass is 32.1. The van der Waals surface area contributed by atoms with Gasteiger partial charge in [-0.2, -0.15) is 5.10 Å². The van der Waals surface area contributed by atoms with Gasteiger partial charge in [-0.05, 0) is 23.6 Å². The number of anilines is 1. The van der Waals surface area contributed by atoms with E-state index in [0.29, 0.717) is 12.3 Å². The van der Waals surface area contributed by atoms with E-state index in [1.54, 1.807) is 23.6 Å². The molecule has 0 atom stereocenters. The number of nitrogens with one attached hydrogen (secondary N) is 2. The molecule has 0 bridgehead atoms. The van der Waals surface area contributed by atoms with Gasteiger partial charge in [0.05, 0.1) is 29.6 Å². The van der Waals surface area contributed by atoms with Crippen LogP contribution >= 0.6 is 11.3 Å². The van der Waals surface area contributed by atoms with E-state index in [2.05, 4.69) is 15.5 Å². The summed E-state index contributed by atoms with van der Waals surface area (Å²) in [5, 5.41) is 12.4. The van der Waals surface area contributed by atoms with Crippen LogP contribution in [-0.2, 0) is 6.54 Å². The first kappa shape index (κ1) is 13.6. The van der Waals surface area contributed by atoms with Gasteiger partial charge < -0.3 is 10.1 Å². The molecule has 0 saturated carbocycles. The van der Waals surface area contributed by atoms with Crippen LogP contribution in [0.2, 0.25) is 0 Å². The predicted molar refractivity (Wildman–Crippen MR) is 82.2 cm³/mol. The van der Waals surface area contributed by atoms with E-state index in [1.165, 1.54) is 19.2 Å². The van der Waals surface area contributed by atoms with Gasteiger partial charge in [-0.3, -0.25) is 5.10 Å². The lowest BCUT2D eigenvalue weighted by Crippen LogP contribution is -2.02. The van der Waals surface area contributed by atoms with Crippen molar-refractivity contribution in [3.63, 3.8) is 0 Å². The summed E-state index contributed by atoms with van der Waals surface area (Å²) in [4.78, 5) is 1.13. The molecule has 0 fully saturated rings. The summed E-state index contributed by atoms with van der Waals surface area (Å²) in [6, 6.07) is 8.47. The van der Waals surface area contributed by atoms with Crippen LogP contribution in [0.3, 0.4) is 0 Å². The lowest BCUT2D eigenvalue weighted by molar-refractivity contribution is 0.413. The number of thiophene rings is 1. The van der Waals surface area contributed by atoms with E-state index >= 15 is 0 Å². The van der Waals surface area contributed by atoms with Crippen LogP contribution in [0.4, 0.5) is 10.1 Å². The minimum Gasteiger partial charge on any atom is -0.494 e. The first-order chi connectivity index (χ1) is 10.3. The van der Waals surface area contributed by atoms with Crippen molar-refractivity contribution in [1.82, 2.24) is 10.2 Å². The zero-order valence-electron chi connectivity index (χ0n) is 11.4. The molecule has 3 rings (SSSR count). The van der Waals surface area contributed by atoms with Crippen molar-refractivity contribution < 1.29 is 9.13 Å². The van der Waals surface area contributed by atoms with Gasteiger partial charge in [-0.15, -0.1) is 11.3 Å². The highest BCUT2D eigenvalue weighted by molar-refractivity contribution is 7.13. The van der Waals surface area contributed by atoms with Gasteiger partial charge in [0.15, 0.2) is 0 Å². The Morgan fingerprint density at radius 1 is 1.38 bits per heavy atom. The molecule has 0 aliphatic heterocycles. The third-order valence-electron chi connectivity index (χ3n) is 3.12. The van der Waals surface area contributed by atoms with E-state index < -0.39 is 0 Å². The number of H-pyrrole nitrogens is 1. The van der Waals surface area contributed by atoms with Crippen molar-refractivity contribution in [2.75, 3.05) is 12.4 Å². The molecule has 3 aromatic rings. The Balaban J connectivity index is 1.79. The number of rotatable bonds is 5. The van der Waals surface area contributed by atoms with Gasteiger partial charge in [0, 0.05) is 18.2 Å². The fourth-order valence-electron chi connectivity index (χ4n) is 2.08. The summed E-state index contributed by atoms with van der Waals surface area (Å²) in [5.74, 6) is 0.163. The standard InChI is InChI=1S/C15H14FN3OS/c1-20-13-7-11(16)4-5-12(13)17-8-10-9-18-19-15(10)14-3-2-6-21-14/h2-7,9,17H,8H2,1H3,(H,18,19). The van der Waals surface area contributed by atoms with E-state index in [0.717, 1.165) is 21.8 Å². The zero-order chi connectivity index (χ0) is 14.7. The van der Waals surface area contributed by atoms with Crippen molar-refractivity contribution in [1.29, 1.82) is 0 Å². The fraction of sp³-hybridized carbons (Fsp3) is 0.133. The molecule has 0 amide bonds. The number of hydrogen-bond acceptors (Lipinski definition) is 4. The second-order valence-electron chi connectivity index (χ2n) is 4.45. The number of halogens is 1. The van der Waals surface area contributed by atoms with Crippen molar-refractivity contribution in [3.05, 3.63) is 53.3 Å². The molecule has 1 aromatic carbocycles. The number of aromatic nitrogens is 2.